The van der Waals surface area contributed by atoms with Gasteiger partial charge in [-0.3, -0.25) is 0 Å². The van der Waals surface area contributed by atoms with Gasteiger partial charge in [0.25, 0.3) is 0 Å². The molecule has 1 nitrogen and oxygen atoms in total. The van der Waals surface area contributed by atoms with Crippen LogP contribution in [-0.4, -0.2) is 12.1 Å². The fraction of sp³-hybridized carbons (Fsp3) is 0.667. The maximum Gasteiger partial charge on any atom is 0.0133 e. The van der Waals surface area contributed by atoms with Crippen molar-refractivity contribution < 1.29 is 0 Å². The lowest BCUT2D eigenvalue weighted by Gasteiger charge is -2.24. The van der Waals surface area contributed by atoms with Crippen molar-refractivity contribution in [3.63, 3.8) is 0 Å². The highest BCUT2D eigenvalue weighted by atomic mass is 15.0. The molecule has 0 radical (unpaired) electrons. The van der Waals surface area contributed by atoms with Crippen LogP contribution in [0.4, 0.5) is 0 Å². The van der Waals surface area contributed by atoms with Crippen molar-refractivity contribution in [3.05, 3.63) is 35.4 Å². The Hall–Kier alpha value is -0.820. The third kappa shape index (κ3) is 2.12. The molecule has 4 unspecified atom stereocenters. The Labute approximate surface area is 116 Å². The molecule has 4 rings (SSSR count). The molecule has 3 aliphatic rings. The van der Waals surface area contributed by atoms with Gasteiger partial charge in [-0.25, -0.2) is 0 Å². The summed E-state index contributed by atoms with van der Waals surface area (Å²) >= 11 is 0. The zero-order valence-electron chi connectivity index (χ0n) is 11.9. The standard InChI is InChI=1S/C18H25N/c1-2-12-11-17(12)19-18-15-7-8-16(18)10-14-6-4-3-5-13(14)9-15/h3-6,12,15-19H,2,7-11H2,1H3. The topological polar surface area (TPSA) is 12.0 Å². The van der Waals surface area contributed by atoms with E-state index in [9.17, 15) is 0 Å². The molecular weight excluding hydrogens is 230 g/mol. The molecule has 0 heterocycles. The predicted octanol–water partition coefficient (Wildman–Crippen LogP) is 3.57. The molecule has 19 heavy (non-hydrogen) atoms. The minimum atomic E-state index is 0.800. The van der Waals surface area contributed by atoms with E-state index >= 15 is 0 Å². The smallest absolute Gasteiger partial charge is 0.0133 e. The molecule has 4 atom stereocenters. The van der Waals surface area contributed by atoms with Gasteiger partial charge < -0.3 is 5.32 Å². The summed E-state index contributed by atoms with van der Waals surface area (Å²) in [6, 6.07) is 10.8. The van der Waals surface area contributed by atoms with Crippen LogP contribution in [0.25, 0.3) is 0 Å². The molecule has 3 aliphatic carbocycles. The summed E-state index contributed by atoms with van der Waals surface area (Å²) in [5, 5.41) is 4.03. The van der Waals surface area contributed by atoms with Gasteiger partial charge in [0.2, 0.25) is 0 Å². The summed E-state index contributed by atoms with van der Waals surface area (Å²) in [7, 11) is 0. The first-order valence-corrected chi connectivity index (χ1v) is 8.18. The van der Waals surface area contributed by atoms with Crippen molar-refractivity contribution in [3.8, 4) is 0 Å². The number of rotatable bonds is 3. The maximum atomic E-state index is 4.03. The second kappa shape index (κ2) is 4.63. The normalized spacial score (nSPS) is 39.7. The first-order chi connectivity index (χ1) is 9.35. The molecule has 2 saturated carbocycles. The lowest BCUT2D eigenvalue weighted by atomic mass is 9.94. The van der Waals surface area contributed by atoms with E-state index in [4.69, 9.17) is 0 Å². The van der Waals surface area contributed by atoms with Gasteiger partial charge in [0, 0.05) is 12.1 Å². The summed E-state index contributed by atoms with van der Waals surface area (Å²) in [5.74, 6) is 2.77. The van der Waals surface area contributed by atoms with Crippen LogP contribution in [0.1, 0.15) is 43.7 Å². The van der Waals surface area contributed by atoms with Crippen molar-refractivity contribution in [1.82, 2.24) is 5.32 Å². The molecule has 0 amide bonds. The van der Waals surface area contributed by atoms with Crippen molar-refractivity contribution in [1.29, 1.82) is 0 Å². The Balaban J connectivity index is 1.53. The second-order valence-electron chi connectivity index (χ2n) is 6.98. The third-order valence-electron chi connectivity index (χ3n) is 5.86. The molecule has 0 spiro atoms. The zero-order valence-corrected chi connectivity index (χ0v) is 11.9. The fourth-order valence-electron chi connectivity index (χ4n) is 4.57. The average molecular weight is 255 g/mol. The molecule has 1 N–H and O–H groups in total. The Morgan fingerprint density at radius 3 is 2.21 bits per heavy atom. The Bertz CT molecular complexity index is 434. The van der Waals surface area contributed by atoms with Gasteiger partial charge in [-0.1, -0.05) is 37.6 Å². The highest BCUT2D eigenvalue weighted by Gasteiger charge is 2.44. The van der Waals surface area contributed by atoms with E-state index in [-0.39, 0.29) is 0 Å². The van der Waals surface area contributed by atoms with Crippen molar-refractivity contribution in [2.45, 2.75) is 57.5 Å². The van der Waals surface area contributed by atoms with Gasteiger partial charge in [0.05, 0.1) is 0 Å². The quantitative estimate of drug-likeness (QED) is 0.870. The average Bonchev–Trinajstić information content (AvgIpc) is 3.10. The van der Waals surface area contributed by atoms with Gasteiger partial charge in [-0.15, -0.1) is 0 Å². The largest absolute Gasteiger partial charge is 0.310 e. The van der Waals surface area contributed by atoms with E-state index in [2.05, 4.69) is 36.5 Å². The first kappa shape index (κ1) is 12.0. The van der Waals surface area contributed by atoms with Gasteiger partial charge in [0.15, 0.2) is 0 Å². The summed E-state index contributed by atoms with van der Waals surface area (Å²) in [5.41, 5.74) is 3.26. The number of benzene rings is 1. The van der Waals surface area contributed by atoms with Crippen LogP contribution >= 0.6 is 0 Å². The number of hydrogen-bond acceptors (Lipinski definition) is 1. The van der Waals surface area contributed by atoms with Crippen LogP contribution in [0.3, 0.4) is 0 Å². The van der Waals surface area contributed by atoms with E-state index in [0.717, 1.165) is 29.8 Å². The van der Waals surface area contributed by atoms with Gasteiger partial charge >= 0.3 is 0 Å². The van der Waals surface area contributed by atoms with Crippen LogP contribution in [0.15, 0.2) is 24.3 Å². The van der Waals surface area contributed by atoms with E-state index in [1.54, 1.807) is 11.1 Å². The van der Waals surface area contributed by atoms with Crippen LogP contribution in [0.2, 0.25) is 0 Å². The molecular formula is C18H25N. The predicted molar refractivity (Wildman–Crippen MR) is 79.2 cm³/mol. The number of nitrogens with one attached hydrogen (secondary N) is 1. The minimum absolute atomic E-state index is 0.800. The van der Waals surface area contributed by atoms with E-state index < -0.39 is 0 Å². The molecule has 1 aromatic rings. The summed E-state index contributed by atoms with van der Waals surface area (Å²) in [6.45, 7) is 2.34. The SMILES string of the molecule is CCC1CC1NC1C2CCC1Cc1ccccc1C2. The lowest BCUT2D eigenvalue weighted by molar-refractivity contribution is 0.333. The first-order valence-electron chi connectivity index (χ1n) is 8.18. The highest BCUT2D eigenvalue weighted by molar-refractivity contribution is 5.31. The van der Waals surface area contributed by atoms with E-state index in [1.807, 2.05) is 0 Å². The van der Waals surface area contributed by atoms with E-state index in [0.29, 0.717) is 0 Å². The molecule has 0 aliphatic heterocycles. The van der Waals surface area contributed by atoms with E-state index in [1.165, 1.54) is 38.5 Å². The van der Waals surface area contributed by atoms with Crippen LogP contribution in [-0.2, 0) is 12.8 Å². The van der Waals surface area contributed by atoms with Crippen LogP contribution in [0, 0.1) is 17.8 Å². The monoisotopic (exact) mass is 255 g/mol. The van der Waals surface area contributed by atoms with Gasteiger partial charge in [0.1, 0.15) is 0 Å². The van der Waals surface area contributed by atoms with Crippen LogP contribution < -0.4 is 5.32 Å². The highest BCUT2D eigenvalue weighted by Crippen LogP contribution is 2.43. The minimum Gasteiger partial charge on any atom is -0.310 e. The summed E-state index contributed by atoms with van der Waals surface area (Å²) < 4.78 is 0. The lowest BCUT2D eigenvalue weighted by Crippen LogP contribution is -2.40. The second-order valence-corrected chi connectivity index (χ2v) is 6.98. The van der Waals surface area contributed by atoms with Crippen molar-refractivity contribution >= 4 is 0 Å². The Morgan fingerprint density at radius 1 is 1.05 bits per heavy atom. The molecule has 102 valence electrons. The Kier molecular flexibility index (Phi) is 2.91. The van der Waals surface area contributed by atoms with Crippen molar-refractivity contribution in [2.75, 3.05) is 0 Å². The third-order valence-corrected chi connectivity index (χ3v) is 5.86. The Morgan fingerprint density at radius 2 is 1.68 bits per heavy atom. The molecule has 0 aromatic heterocycles. The van der Waals surface area contributed by atoms with Crippen LogP contribution in [0.5, 0.6) is 0 Å². The van der Waals surface area contributed by atoms with Crippen molar-refractivity contribution in [2.24, 2.45) is 17.8 Å². The number of hydrogen-bond donors (Lipinski definition) is 1. The number of fused-ring (bicyclic) bond motifs is 3. The molecule has 0 saturated heterocycles. The molecule has 1 heteroatoms. The molecule has 1 aromatic carbocycles. The molecule has 2 bridgehead atoms. The maximum absolute atomic E-state index is 4.03. The van der Waals surface area contributed by atoms with Gasteiger partial charge in [-0.05, 0) is 61.0 Å². The summed E-state index contributed by atoms with van der Waals surface area (Å²) in [6.07, 6.45) is 8.31. The molecule has 2 fully saturated rings. The zero-order chi connectivity index (χ0) is 12.8. The fourth-order valence-corrected chi connectivity index (χ4v) is 4.57. The summed E-state index contributed by atoms with van der Waals surface area (Å²) in [4.78, 5) is 0. The van der Waals surface area contributed by atoms with Gasteiger partial charge in [-0.2, -0.15) is 0 Å².